The first-order valence-electron chi connectivity index (χ1n) is 24.6. The smallest absolute Gasteiger partial charge is 0.331 e. The number of hydrogen-bond donors (Lipinski definition) is 2. The molecule has 1 saturated heterocycles. The van der Waals surface area contributed by atoms with E-state index in [1.807, 2.05) is 6.92 Å². The second-order valence-electron chi connectivity index (χ2n) is 16.2. The Morgan fingerprint density at radius 1 is 0.688 bits per heavy atom. The Morgan fingerprint density at radius 2 is 1.14 bits per heavy atom. The van der Waals surface area contributed by atoms with Gasteiger partial charge in [0.05, 0.1) is 157 Å². The molecule has 2 aromatic rings. The summed E-state index contributed by atoms with van der Waals surface area (Å²) in [6.45, 7) is 9.73. The van der Waals surface area contributed by atoms with E-state index in [4.69, 9.17) is 62.5 Å². The first-order valence-corrected chi connectivity index (χ1v) is 26.1. The molecule has 4 amide bonds. The van der Waals surface area contributed by atoms with Crippen LogP contribution in [0.25, 0.3) is 6.08 Å². The van der Waals surface area contributed by atoms with E-state index in [2.05, 4.69) is 9.73 Å². The Morgan fingerprint density at radius 3 is 1.58 bits per heavy atom. The third-order valence-corrected chi connectivity index (χ3v) is 11.3. The third-order valence-electron chi connectivity index (χ3n) is 10.5. The van der Waals surface area contributed by atoms with E-state index in [0.29, 0.717) is 128 Å². The number of imide groups is 1. The first-order chi connectivity index (χ1) is 37.1. The largest absolute Gasteiger partial charge is 0.420 e. The highest BCUT2D eigenvalue weighted by atomic mass is 32.2. The summed E-state index contributed by atoms with van der Waals surface area (Å²) in [4.78, 5) is 61.3. The molecule has 2 heterocycles. The number of benzene rings is 2. The van der Waals surface area contributed by atoms with Gasteiger partial charge in [0.1, 0.15) is 12.4 Å². The number of anilines is 1. The fourth-order valence-electron chi connectivity index (χ4n) is 6.86. The second kappa shape index (κ2) is 35.3. The molecule has 4 rings (SSSR count). The van der Waals surface area contributed by atoms with Crippen molar-refractivity contribution in [3.05, 3.63) is 52.6 Å². The Bertz CT molecular complexity index is 2350. The molecule has 0 aromatic heterocycles. The minimum absolute atomic E-state index is 0.0122. The SMILES string of the molecule is CCCN(OCC)C(=O)C1=Cc2ccc(N3CC(=O)N(CCOCCOCCOCCOCCOCCOCCOCCOCCOCCOCCC(=O)Oc4c(F)c(F)c(S(=O)(=O)O)c(F)c4F)C3=O)cc2N=C(N)C1. The summed E-state index contributed by atoms with van der Waals surface area (Å²) in [5.74, 6) is -13.1. The number of hydrogen-bond acceptors (Lipinski definition) is 20. The second-order valence-corrected chi connectivity index (χ2v) is 17.5. The van der Waals surface area contributed by atoms with Gasteiger partial charge in [0.2, 0.25) is 17.4 Å². The van der Waals surface area contributed by atoms with Gasteiger partial charge in [-0.15, -0.1) is 0 Å². The fraction of sp³-hybridized carbons (Fsp3) is 0.604. The molecule has 2 aliphatic heterocycles. The standard InChI is InChI=1S/C48H67F4N5O19S/c1-3-8-57(75-4-2)47(60)35-30-34-5-6-36(32-37(34)54-38(53)31-35)56-33-39(58)55(48(56)61)9-11-66-13-15-68-17-19-70-21-23-72-25-27-74-29-28-73-26-24-71-22-20-69-18-16-67-14-12-65-10-7-40(59)76-45-41(49)43(51)46(77(62,63)64)44(52)42(45)50/h5-6,30,32H,3-4,7-29,31,33H2,1-2H3,(H2,53,54)(H,62,63,64). The zero-order chi connectivity index (χ0) is 56.0. The first kappa shape index (κ1) is 64.2. The van der Waals surface area contributed by atoms with Gasteiger partial charge < -0.3 is 57.8 Å². The highest BCUT2D eigenvalue weighted by Crippen LogP contribution is 2.34. The van der Waals surface area contributed by atoms with Gasteiger partial charge in [-0.3, -0.25) is 33.6 Å². The van der Waals surface area contributed by atoms with Crippen LogP contribution in [0.3, 0.4) is 0 Å². The molecule has 0 radical (unpaired) electrons. The molecule has 0 bridgehead atoms. The van der Waals surface area contributed by atoms with Gasteiger partial charge in [-0.05, 0) is 31.6 Å². The van der Waals surface area contributed by atoms with E-state index in [1.165, 1.54) is 9.96 Å². The molecule has 77 heavy (non-hydrogen) atoms. The maximum absolute atomic E-state index is 14.0. The van der Waals surface area contributed by atoms with Crippen LogP contribution in [0.5, 0.6) is 5.75 Å². The van der Waals surface area contributed by atoms with Crippen LogP contribution in [-0.2, 0) is 76.7 Å². The van der Waals surface area contributed by atoms with E-state index in [9.17, 15) is 45.2 Å². The van der Waals surface area contributed by atoms with Gasteiger partial charge in [-0.25, -0.2) is 23.6 Å². The van der Waals surface area contributed by atoms with Gasteiger partial charge in [-0.1, -0.05) is 13.0 Å². The number of carbonyl (C=O) groups excluding carboxylic acids is 4. The topological polar surface area (TPSA) is 282 Å². The maximum atomic E-state index is 14.0. The minimum Gasteiger partial charge on any atom is -0.420 e. The molecule has 0 saturated carbocycles. The lowest BCUT2D eigenvalue weighted by Crippen LogP contribution is -2.35. The number of carbonyl (C=O) groups is 4. The summed E-state index contributed by atoms with van der Waals surface area (Å²) in [7, 11) is -5.65. The van der Waals surface area contributed by atoms with Crippen molar-refractivity contribution in [2.24, 2.45) is 10.7 Å². The summed E-state index contributed by atoms with van der Waals surface area (Å²) < 4.78 is 145. The number of fused-ring (bicyclic) bond motifs is 1. The number of urea groups is 1. The Kier molecular flexibility index (Phi) is 29.4. The molecule has 29 heteroatoms. The summed E-state index contributed by atoms with van der Waals surface area (Å²) in [6, 6.07) is 4.62. The van der Waals surface area contributed by atoms with Crippen LogP contribution < -0.4 is 15.4 Å². The van der Waals surface area contributed by atoms with E-state index in [1.54, 1.807) is 31.2 Å². The fourth-order valence-corrected chi connectivity index (χ4v) is 7.49. The van der Waals surface area contributed by atoms with Crippen LogP contribution in [0.2, 0.25) is 0 Å². The number of aliphatic imine (C=N–C) groups is 1. The Balaban J connectivity index is 0.874. The number of amides is 4. The average Bonchev–Trinajstić information content (AvgIpc) is 3.58. The van der Waals surface area contributed by atoms with Gasteiger partial charge >= 0.3 is 22.1 Å². The lowest BCUT2D eigenvalue weighted by molar-refractivity contribution is -0.180. The number of hydroxylamine groups is 2. The predicted molar refractivity (Wildman–Crippen MR) is 263 cm³/mol. The van der Waals surface area contributed by atoms with Crippen LogP contribution in [0, 0.1) is 23.3 Å². The van der Waals surface area contributed by atoms with Crippen molar-refractivity contribution < 1.29 is 107 Å². The summed E-state index contributed by atoms with van der Waals surface area (Å²) in [5, 5.41) is 1.33. The van der Waals surface area contributed by atoms with E-state index in [0.717, 1.165) is 4.90 Å². The average molecular weight is 1130 g/mol. The highest BCUT2D eigenvalue weighted by molar-refractivity contribution is 7.85. The monoisotopic (exact) mass is 1130 g/mol. The zero-order valence-corrected chi connectivity index (χ0v) is 43.8. The summed E-state index contributed by atoms with van der Waals surface area (Å²) >= 11 is 0. The molecule has 0 aliphatic carbocycles. The molecule has 3 N–H and O–H groups in total. The molecule has 432 valence electrons. The van der Waals surface area contributed by atoms with Gasteiger partial charge in [0.15, 0.2) is 16.5 Å². The molecular weight excluding hydrogens is 1060 g/mol. The Labute approximate surface area is 443 Å². The summed E-state index contributed by atoms with van der Waals surface area (Å²) in [5.41, 5.74) is 8.20. The van der Waals surface area contributed by atoms with Crippen molar-refractivity contribution in [2.45, 2.75) is 38.0 Å². The number of nitrogens with zero attached hydrogens (tertiary/aromatic N) is 4. The van der Waals surface area contributed by atoms with Gasteiger partial charge in [-0.2, -0.15) is 17.2 Å². The number of rotatable bonds is 41. The molecule has 0 unspecified atom stereocenters. The normalized spacial score (nSPS) is 13.8. The van der Waals surface area contributed by atoms with E-state index in [-0.39, 0.29) is 83.4 Å². The molecule has 0 spiro atoms. The van der Waals surface area contributed by atoms with Gasteiger partial charge in [0, 0.05) is 29.8 Å². The third kappa shape index (κ3) is 22.2. The van der Waals surface area contributed by atoms with Crippen molar-refractivity contribution in [2.75, 3.05) is 163 Å². The van der Waals surface area contributed by atoms with E-state index < -0.39 is 62.5 Å². The van der Waals surface area contributed by atoms with Crippen LogP contribution in [0.15, 0.2) is 33.7 Å². The van der Waals surface area contributed by atoms with Crippen molar-refractivity contribution in [3.8, 4) is 5.75 Å². The maximum Gasteiger partial charge on any atom is 0.331 e. The number of esters is 1. The van der Waals surface area contributed by atoms with Crippen LogP contribution in [-0.4, -0.2) is 211 Å². The molecule has 0 atom stereocenters. The number of halogens is 4. The minimum atomic E-state index is -5.65. The molecular formula is C48H67F4N5O19S. The van der Waals surface area contributed by atoms with Crippen molar-refractivity contribution in [1.29, 1.82) is 0 Å². The number of nitrogens with two attached hydrogens (primary N) is 1. The van der Waals surface area contributed by atoms with Crippen molar-refractivity contribution in [3.63, 3.8) is 0 Å². The predicted octanol–water partition coefficient (Wildman–Crippen LogP) is 3.39. The quantitative estimate of drug-likeness (QED) is 0.0141. The van der Waals surface area contributed by atoms with Crippen LogP contribution in [0.4, 0.5) is 33.7 Å². The number of ether oxygens (including phenoxy) is 11. The lowest BCUT2D eigenvalue weighted by atomic mass is 10.1. The number of amidine groups is 1. The molecule has 2 aromatic carbocycles. The van der Waals surface area contributed by atoms with E-state index >= 15 is 0 Å². The molecule has 2 aliphatic rings. The lowest BCUT2D eigenvalue weighted by Gasteiger charge is -2.21. The van der Waals surface area contributed by atoms with Gasteiger partial charge in [0.25, 0.3) is 11.8 Å². The van der Waals surface area contributed by atoms with Crippen LogP contribution in [0.1, 0.15) is 38.7 Å². The highest BCUT2D eigenvalue weighted by Gasteiger charge is 2.37. The van der Waals surface area contributed by atoms with Crippen molar-refractivity contribution in [1.82, 2.24) is 9.96 Å². The zero-order valence-electron chi connectivity index (χ0n) is 43.0. The molecule has 24 nitrogen and oxygen atoms in total. The van der Waals surface area contributed by atoms with Crippen LogP contribution >= 0.6 is 0 Å². The summed E-state index contributed by atoms with van der Waals surface area (Å²) in [6.07, 6.45) is 1.98. The van der Waals surface area contributed by atoms with Crippen molar-refractivity contribution >= 4 is 57.2 Å². The Hall–Kier alpha value is -5.28. The molecule has 1 fully saturated rings.